The highest BCUT2D eigenvalue weighted by Gasteiger charge is 2.37. The maximum atomic E-state index is 13.3. The van der Waals surface area contributed by atoms with Crippen LogP contribution in [0.15, 0.2) is 65.1 Å². The maximum Gasteiger partial charge on any atom is 0.252 e. The van der Waals surface area contributed by atoms with Gasteiger partial charge in [-0.3, -0.25) is 9.88 Å². The summed E-state index contributed by atoms with van der Waals surface area (Å²) in [6.07, 6.45) is 4.27. The number of carbonyl (C=O) groups is 1. The number of sulfonamides is 1. The van der Waals surface area contributed by atoms with Crippen molar-refractivity contribution in [3.05, 3.63) is 71.5 Å². The third-order valence-corrected chi connectivity index (χ3v) is 10.0. The Morgan fingerprint density at radius 3 is 2.70 bits per heavy atom. The van der Waals surface area contributed by atoms with Gasteiger partial charge in [-0.25, -0.2) is 8.42 Å². The minimum Gasteiger partial charge on any atom is -0.302 e. The van der Waals surface area contributed by atoms with E-state index in [0.717, 1.165) is 32.7 Å². The molecule has 0 saturated carbocycles. The molecule has 3 heterocycles. The van der Waals surface area contributed by atoms with Crippen molar-refractivity contribution in [2.24, 2.45) is 0 Å². The highest BCUT2D eigenvalue weighted by atomic mass is 35.5. The molecule has 0 radical (unpaired) electrons. The van der Waals surface area contributed by atoms with Crippen molar-refractivity contribution in [2.45, 2.75) is 15.8 Å². The van der Waals surface area contributed by atoms with Crippen LogP contribution in [0.4, 0.5) is 0 Å². The Hall–Kier alpha value is -2.07. The summed E-state index contributed by atoms with van der Waals surface area (Å²) >= 11 is 14.0. The summed E-state index contributed by atoms with van der Waals surface area (Å²) in [4.78, 5) is 17.9. The van der Waals surface area contributed by atoms with Crippen LogP contribution in [-0.4, -0.2) is 54.6 Å². The molecule has 1 aliphatic heterocycles. The lowest BCUT2D eigenvalue weighted by Gasteiger charge is -2.40. The molecule has 2 unspecified atom stereocenters. The van der Waals surface area contributed by atoms with Gasteiger partial charge < -0.3 is 4.79 Å². The van der Waals surface area contributed by atoms with Gasteiger partial charge in [0.05, 0.1) is 6.04 Å². The summed E-state index contributed by atoms with van der Waals surface area (Å²) in [6, 6.07) is 14.0. The Labute approximate surface area is 205 Å². The third-order valence-electron chi connectivity index (χ3n) is 5.87. The number of thiophene rings is 1. The molecule has 0 bridgehead atoms. The number of pyridine rings is 1. The average molecular weight is 520 g/mol. The number of hydrogen-bond acceptors (Lipinski definition) is 6. The van der Waals surface area contributed by atoms with Crippen molar-refractivity contribution in [3.8, 4) is 0 Å². The van der Waals surface area contributed by atoms with Crippen molar-refractivity contribution in [1.82, 2.24) is 14.2 Å². The van der Waals surface area contributed by atoms with Gasteiger partial charge >= 0.3 is 0 Å². The molecule has 6 nitrogen and oxygen atoms in total. The van der Waals surface area contributed by atoms with Gasteiger partial charge in [0, 0.05) is 47.1 Å². The normalized spacial score (nSPS) is 19.2. The van der Waals surface area contributed by atoms with Crippen LogP contribution < -0.4 is 0 Å². The van der Waals surface area contributed by atoms with Crippen LogP contribution in [0.1, 0.15) is 11.1 Å². The van der Waals surface area contributed by atoms with Gasteiger partial charge in [0.25, 0.3) is 10.0 Å². The zero-order valence-electron chi connectivity index (χ0n) is 17.3. The van der Waals surface area contributed by atoms with Crippen LogP contribution in [-0.2, 0) is 14.8 Å². The van der Waals surface area contributed by atoms with E-state index in [4.69, 9.17) is 23.2 Å². The second-order valence-corrected chi connectivity index (χ2v) is 12.0. The summed E-state index contributed by atoms with van der Waals surface area (Å²) in [5.41, 5.74) is 0.286. The van der Waals surface area contributed by atoms with E-state index in [1.165, 1.54) is 15.6 Å². The van der Waals surface area contributed by atoms with Crippen LogP contribution >= 0.6 is 34.5 Å². The average Bonchev–Trinajstić information content (AvgIpc) is 3.27. The molecule has 0 aliphatic carbocycles. The summed E-state index contributed by atoms with van der Waals surface area (Å²) in [5.74, 6) is 0. The van der Waals surface area contributed by atoms with E-state index in [9.17, 15) is 13.2 Å². The third kappa shape index (κ3) is 4.27. The number of fused-ring (bicyclic) bond motifs is 2. The molecule has 0 N–H and O–H groups in total. The fourth-order valence-electron chi connectivity index (χ4n) is 4.10. The predicted octanol–water partition coefficient (Wildman–Crippen LogP) is 4.91. The molecule has 0 spiro atoms. The largest absolute Gasteiger partial charge is 0.302 e. The van der Waals surface area contributed by atoms with Gasteiger partial charge in [-0.2, -0.15) is 4.31 Å². The van der Waals surface area contributed by atoms with E-state index < -0.39 is 21.6 Å². The first kappa shape index (κ1) is 22.7. The number of alkyl halides is 1. The number of halogens is 2. The lowest BCUT2D eigenvalue weighted by molar-refractivity contribution is -0.114. The predicted molar refractivity (Wildman–Crippen MR) is 132 cm³/mol. The van der Waals surface area contributed by atoms with E-state index in [1.807, 2.05) is 29.2 Å². The molecule has 2 aromatic heterocycles. The second-order valence-electron chi connectivity index (χ2n) is 7.87. The van der Waals surface area contributed by atoms with E-state index in [-0.39, 0.29) is 17.3 Å². The standard InChI is InChI=1S/C23H19Cl2N3O3S2/c24-19-4-3-16-10-22(32-21(16)11-19)33(30,31)27-7-8-28(20(13-27)14-29)23(25)17-1-2-18-12-26-6-5-15(18)9-17/h1-6,9-12,14,20,23H,7-8,13H2. The van der Waals surface area contributed by atoms with Crippen molar-refractivity contribution in [3.63, 3.8) is 0 Å². The minimum atomic E-state index is -3.75. The van der Waals surface area contributed by atoms with E-state index in [0.29, 0.717) is 11.6 Å². The van der Waals surface area contributed by atoms with Crippen LogP contribution in [0, 0.1) is 0 Å². The summed E-state index contributed by atoms with van der Waals surface area (Å²) in [7, 11) is -3.75. The second kappa shape index (κ2) is 8.94. The maximum absolute atomic E-state index is 13.3. The molecule has 2 aromatic carbocycles. The molecule has 4 aromatic rings. The Bertz CT molecular complexity index is 1460. The lowest BCUT2D eigenvalue weighted by atomic mass is 10.1. The van der Waals surface area contributed by atoms with Crippen molar-refractivity contribution in [1.29, 1.82) is 0 Å². The van der Waals surface area contributed by atoms with Gasteiger partial charge in [-0.05, 0) is 46.7 Å². The fourth-order valence-corrected chi connectivity index (χ4v) is 7.75. The fraction of sp³-hybridized carbons (Fsp3) is 0.217. The topological polar surface area (TPSA) is 70.6 Å². The monoisotopic (exact) mass is 519 g/mol. The summed E-state index contributed by atoms with van der Waals surface area (Å²) < 4.78 is 29.1. The first-order valence-electron chi connectivity index (χ1n) is 10.2. The van der Waals surface area contributed by atoms with Gasteiger partial charge in [-0.15, -0.1) is 22.9 Å². The Kier molecular flexibility index (Phi) is 6.15. The lowest BCUT2D eigenvalue weighted by Crippen LogP contribution is -2.55. The Morgan fingerprint density at radius 2 is 1.88 bits per heavy atom. The molecule has 1 fully saturated rings. The SMILES string of the molecule is O=CC1CN(S(=O)(=O)c2cc3ccc(Cl)cc3s2)CCN1C(Cl)c1ccc2cnccc2c1. The van der Waals surface area contributed by atoms with E-state index in [1.54, 1.807) is 36.7 Å². The smallest absolute Gasteiger partial charge is 0.252 e. The van der Waals surface area contributed by atoms with E-state index >= 15 is 0 Å². The molecule has 0 amide bonds. The first-order chi connectivity index (χ1) is 15.9. The van der Waals surface area contributed by atoms with Crippen molar-refractivity contribution in [2.75, 3.05) is 19.6 Å². The molecule has 33 heavy (non-hydrogen) atoms. The molecular formula is C23H19Cl2N3O3S2. The molecule has 10 heteroatoms. The number of piperazine rings is 1. The number of aldehydes is 1. The molecule has 1 saturated heterocycles. The van der Waals surface area contributed by atoms with E-state index in [2.05, 4.69) is 4.98 Å². The van der Waals surface area contributed by atoms with Gasteiger partial charge in [0.1, 0.15) is 16.0 Å². The Morgan fingerprint density at radius 1 is 1.06 bits per heavy atom. The molecule has 1 aliphatic rings. The zero-order chi connectivity index (χ0) is 23.2. The van der Waals surface area contributed by atoms with Gasteiger partial charge in [0.2, 0.25) is 0 Å². The minimum absolute atomic E-state index is 0.0432. The molecule has 170 valence electrons. The number of benzene rings is 2. The number of hydrogen-bond donors (Lipinski definition) is 0. The van der Waals surface area contributed by atoms with Crippen molar-refractivity contribution >= 4 is 71.7 Å². The summed E-state index contributed by atoms with van der Waals surface area (Å²) in [5, 5.41) is 3.38. The highest BCUT2D eigenvalue weighted by Crippen LogP contribution is 2.35. The van der Waals surface area contributed by atoms with Crippen molar-refractivity contribution < 1.29 is 13.2 Å². The Balaban J connectivity index is 1.38. The number of rotatable bonds is 5. The first-order valence-corrected chi connectivity index (χ1v) is 13.3. The molecular weight excluding hydrogens is 501 g/mol. The summed E-state index contributed by atoms with van der Waals surface area (Å²) in [6.45, 7) is 0.617. The number of aromatic nitrogens is 1. The number of carbonyl (C=O) groups excluding carboxylic acids is 1. The highest BCUT2D eigenvalue weighted by molar-refractivity contribution is 7.91. The quantitative estimate of drug-likeness (QED) is 0.212. The van der Waals surface area contributed by atoms with Crippen LogP contribution in [0.5, 0.6) is 0 Å². The van der Waals surface area contributed by atoms with Gasteiger partial charge in [-0.1, -0.05) is 29.8 Å². The van der Waals surface area contributed by atoms with Crippen LogP contribution in [0.25, 0.3) is 20.9 Å². The zero-order valence-corrected chi connectivity index (χ0v) is 20.4. The molecule has 2 atom stereocenters. The van der Waals surface area contributed by atoms with Gasteiger partial charge in [0.15, 0.2) is 0 Å². The molecule has 5 rings (SSSR count). The van der Waals surface area contributed by atoms with Crippen LogP contribution in [0.2, 0.25) is 5.02 Å². The van der Waals surface area contributed by atoms with Crippen LogP contribution in [0.3, 0.4) is 0 Å². The number of nitrogens with zero attached hydrogens (tertiary/aromatic N) is 3.